The van der Waals surface area contributed by atoms with Crippen molar-refractivity contribution in [3.05, 3.63) is 65.5 Å². The molecule has 0 fully saturated rings. The van der Waals surface area contributed by atoms with Crippen LogP contribution in [0, 0.1) is 5.82 Å². The molecule has 2 rings (SSSR count). The van der Waals surface area contributed by atoms with Crippen molar-refractivity contribution >= 4 is 35.2 Å². The van der Waals surface area contributed by atoms with Crippen LogP contribution >= 0.6 is 11.8 Å². The molecular weight excluding hydrogens is 403 g/mol. The molecule has 0 saturated heterocycles. The summed E-state index contributed by atoms with van der Waals surface area (Å²) in [5.74, 6) is -0.948. The molecule has 0 spiro atoms. The largest absolute Gasteiger partial charge is 0.352 e. The van der Waals surface area contributed by atoms with Crippen LogP contribution in [0.25, 0.3) is 11.6 Å². The number of hydroxylamine groups is 1. The van der Waals surface area contributed by atoms with Gasteiger partial charge in [0.25, 0.3) is 5.91 Å². The van der Waals surface area contributed by atoms with Crippen LogP contribution in [-0.2, 0) is 9.59 Å². The first-order valence-electron chi connectivity index (χ1n) is 9.86. The van der Waals surface area contributed by atoms with Crippen LogP contribution in [0.1, 0.15) is 43.2 Å². The molecule has 2 aromatic carbocycles. The van der Waals surface area contributed by atoms with Crippen LogP contribution in [0.15, 0.2) is 53.4 Å². The third-order valence-corrected chi connectivity index (χ3v) is 5.31. The molecule has 2 aromatic rings. The summed E-state index contributed by atoms with van der Waals surface area (Å²) in [5.41, 5.74) is 3.63. The molecule has 0 saturated carbocycles. The Morgan fingerprint density at radius 3 is 2.30 bits per heavy atom. The summed E-state index contributed by atoms with van der Waals surface area (Å²) in [4.78, 5) is 24.9. The number of halogens is 1. The second-order valence-corrected chi connectivity index (χ2v) is 7.67. The molecule has 0 heterocycles. The van der Waals surface area contributed by atoms with Crippen molar-refractivity contribution in [2.75, 3.05) is 12.8 Å². The van der Waals surface area contributed by atoms with Gasteiger partial charge in [-0.3, -0.25) is 14.8 Å². The fourth-order valence-corrected chi connectivity index (χ4v) is 3.30. The Labute approximate surface area is 180 Å². The minimum Gasteiger partial charge on any atom is -0.352 e. The van der Waals surface area contributed by atoms with E-state index in [4.69, 9.17) is 5.21 Å². The van der Waals surface area contributed by atoms with Crippen LogP contribution in [0.2, 0.25) is 0 Å². The van der Waals surface area contributed by atoms with Gasteiger partial charge in [-0.15, -0.1) is 11.8 Å². The first-order chi connectivity index (χ1) is 14.5. The fraction of sp³-hybridized carbons (Fsp3) is 0.304. The van der Waals surface area contributed by atoms with Gasteiger partial charge in [-0.2, -0.15) is 0 Å². The van der Waals surface area contributed by atoms with E-state index < -0.39 is 0 Å². The molecule has 0 atom stereocenters. The smallest absolute Gasteiger partial charge is 0.251 e. The second-order valence-electron chi connectivity index (χ2n) is 6.79. The van der Waals surface area contributed by atoms with Gasteiger partial charge < -0.3 is 5.32 Å². The van der Waals surface area contributed by atoms with Crippen molar-refractivity contribution in [1.82, 2.24) is 10.8 Å². The van der Waals surface area contributed by atoms with Crippen molar-refractivity contribution in [2.24, 2.45) is 0 Å². The molecule has 0 aromatic heterocycles. The van der Waals surface area contributed by atoms with Gasteiger partial charge in [0.15, 0.2) is 0 Å². The van der Waals surface area contributed by atoms with Crippen LogP contribution in [0.4, 0.5) is 4.39 Å². The Balaban J connectivity index is 1.98. The zero-order valence-electron chi connectivity index (χ0n) is 17.0. The highest BCUT2D eigenvalue weighted by Gasteiger charge is 2.12. The molecule has 7 heteroatoms. The Kier molecular flexibility index (Phi) is 10.1. The number of carbonyl (C=O) groups excluding carboxylic acids is 2. The Morgan fingerprint density at radius 2 is 1.67 bits per heavy atom. The highest BCUT2D eigenvalue weighted by Crippen LogP contribution is 2.21. The number of thioether (sulfide) groups is 1. The average molecular weight is 431 g/mol. The molecule has 0 aliphatic rings. The molecule has 5 nitrogen and oxygen atoms in total. The lowest BCUT2D eigenvalue weighted by molar-refractivity contribution is -0.129. The summed E-state index contributed by atoms with van der Waals surface area (Å²) >= 11 is 1.65. The van der Waals surface area contributed by atoms with Crippen molar-refractivity contribution in [1.29, 1.82) is 0 Å². The van der Waals surface area contributed by atoms with Gasteiger partial charge in [0, 0.05) is 23.4 Å². The zero-order chi connectivity index (χ0) is 21.8. The lowest BCUT2D eigenvalue weighted by Gasteiger charge is -2.10. The van der Waals surface area contributed by atoms with E-state index in [9.17, 15) is 14.0 Å². The quantitative estimate of drug-likeness (QED) is 0.121. The molecule has 30 heavy (non-hydrogen) atoms. The molecule has 0 aliphatic carbocycles. The van der Waals surface area contributed by atoms with E-state index in [0.29, 0.717) is 24.1 Å². The van der Waals surface area contributed by atoms with Crippen molar-refractivity contribution in [2.45, 2.75) is 37.0 Å². The van der Waals surface area contributed by atoms with E-state index >= 15 is 0 Å². The van der Waals surface area contributed by atoms with E-state index in [-0.39, 0.29) is 24.1 Å². The maximum absolute atomic E-state index is 13.3. The zero-order valence-corrected chi connectivity index (χ0v) is 17.8. The monoisotopic (exact) mass is 430 g/mol. The van der Waals surface area contributed by atoms with E-state index in [0.717, 1.165) is 29.7 Å². The lowest BCUT2D eigenvalue weighted by Crippen LogP contribution is -2.25. The highest BCUT2D eigenvalue weighted by atomic mass is 32.2. The Bertz CT molecular complexity index is 852. The molecule has 160 valence electrons. The number of rotatable bonds is 11. The number of nitrogens with one attached hydrogen (secondary N) is 2. The maximum Gasteiger partial charge on any atom is 0.251 e. The van der Waals surface area contributed by atoms with Gasteiger partial charge in [0.05, 0.1) is 0 Å². The molecule has 0 aliphatic heterocycles. The normalized spacial score (nSPS) is 11.2. The van der Waals surface area contributed by atoms with Crippen LogP contribution in [0.3, 0.4) is 0 Å². The SMILES string of the molecule is CSc1ccc(/C=C(/C(=O)NCCCCCCC(=O)NO)c2ccc(F)cc2)cc1. The minimum atomic E-state index is -0.386. The summed E-state index contributed by atoms with van der Waals surface area (Å²) in [6.07, 6.45) is 7.27. The highest BCUT2D eigenvalue weighted by molar-refractivity contribution is 7.98. The molecule has 0 unspecified atom stereocenters. The van der Waals surface area contributed by atoms with E-state index in [1.165, 1.54) is 12.1 Å². The van der Waals surface area contributed by atoms with Crippen LogP contribution in [-0.4, -0.2) is 29.8 Å². The first-order valence-corrected chi connectivity index (χ1v) is 11.1. The third kappa shape index (κ3) is 8.00. The Morgan fingerprint density at radius 1 is 1.00 bits per heavy atom. The average Bonchev–Trinajstić information content (AvgIpc) is 2.77. The number of hydrogen-bond donors (Lipinski definition) is 3. The van der Waals surface area contributed by atoms with Gasteiger partial charge in [0.2, 0.25) is 5.91 Å². The van der Waals surface area contributed by atoms with Gasteiger partial charge in [-0.25, -0.2) is 9.87 Å². The summed E-state index contributed by atoms with van der Waals surface area (Å²) in [6.45, 7) is 0.509. The molecule has 3 N–H and O–H groups in total. The lowest BCUT2D eigenvalue weighted by atomic mass is 10.0. The predicted octanol–water partition coefficient (Wildman–Crippen LogP) is 4.66. The molecule has 2 amide bonds. The van der Waals surface area contributed by atoms with Gasteiger partial charge in [-0.1, -0.05) is 37.1 Å². The van der Waals surface area contributed by atoms with Crippen molar-refractivity contribution in [3.8, 4) is 0 Å². The molecular formula is C23H27FN2O3S. The topological polar surface area (TPSA) is 78.4 Å². The van der Waals surface area contributed by atoms with Crippen molar-refractivity contribution < 1.29 is 19.2 Å². The Hall–Kier alpha value is -2.64. The van der Waals surface area contributed by atoms with Crippen LogP contribution < -0.4 is 10.8 Å². The van der Waals surface area contributed by atoms with Gasteiger partial charge >= 0.3 is 0 Å². The molecule has 0 radical (unpaired) electrons. The summed E-state index contributed by atoms with van der Waals surface area (Å²) in [6, 6.07) is 13.8. The van der Waals surface area contributed by atoms with Crippen LogP contribution in [0.5, 0.6) is 0 Å². The standard InChI is InChI=1S/C23H27FN2O3S/c1-30-20-13-7-17(8-14-20)16-21(18-9-11-19(24)12-10-18)23(28)25-15-5-3-2-4-6-22(27)26-29/h7-14,16,29H,2-6,15H2,1H3,(H,25,28)(H,26,27)/b21-16+. The number of benzene rings is 2. The fourth-order valence-electron chi connectivity index (χ4n) is 2.89. The third-order valence-electron chi connectivity index (χ3n) is 4.57. The number of hydrogen-bond acceptors (Lipinski definition) is 4. The summed E-state index contributed by atoms with van der Waals surface area (Å²) in [7, 11) is 0. The number of unbranched alkanes of at least 4 members (excludes halogenated alkanes) is 3. The second kappa shape index (κ2) is 12.8. The minimum absolute atomic E-state index is 0.213. The number of amides is 2. The first kappa shape index (κ1) is 23.6. The molecule has 0 bridgehead atoms. The van der Waals surface area contributed by atoms with Gasteiger partial charge in [0.1, 0.15) is 5.82 Å². The maximum atomic E-state index is 13.3. The summed E-state index contributed by atoms with van der Waals surface area (Å²) < 4.78 is 13.3. The van der Waals surface area contributed by atoms with Gasteiger partial charge in [-0.05, 0) is 60.6 Å². The van der Waals surface area contributed by atoms with E-state index in [1.54, 1.807) is 35.5 Å². The van der Waals surface area contributed by atoms with E-state index in [2.05, 4.69) is 5.32 Å². The predicted molar refractivity (Wildman–Crippen MR) is 119 cm³/mol. The van der Waals surface area contributed by atoms with Crippen molar-refractivity contribution in [3.63, 3.8) is 0 Å². The van der Waals surface area contributed by atoms with E-state index in [1.807, 2.05) is 30.5 Å². The summed E-state index contributed by atoms with van der Waals surface area (Å²) in [5, 5.41) is 11.4. The number of carbonyl (C=O) groups is 2.